The lowest BCUT2D eigenvalue weighted by molar-refractivity contribution is -0.115. The third kappa shape index (κ3) is 4.14. The van der Waals surface area contributed by atoms with Gasteiger partial charge in [-0.2, -0.15) is 0 Å². The van der Waals surface area contributed by atoms with Gasteiger partial charge in [0.25, 0.3) is 5.91 Å². The maximum absolute atomic E-state index is 11.0. The lowest BCUT2D eigenvalue weighted by atomic mass is 10.2. The molecule has 0 fully saturated rings. The molecule has 1 amide bonds. The molecule has 4 nitrogen and oxygen atoms in total. The van der Waals surface area contributed by atoms with E-state index in [1.165, 1.54) is 6.20 Å². The Bertz CT molecular complexity index is 405. The van der Waals surface area contributed by atoms with Gasteiger partial charge in [0, 0.05) is 12.7 Å². The van der Waals surface area contributed by atoms with E-state index in [0.717, 1.165) is 5.56 Å². The summed E-state index contributed by atoms with van der Waals surface area (Å²) < 4.78 is 0. The Morgan fingerprint density at radius 1 is 1.60 bits per heavy atom. The lowest BCUT2D eigenvalue weighted by Gasteiger charge is -2.01. The Labute approximate surface area is 88.3 Å². The molecule has 0 aromatic carbocycles. The lowest BCUT2D eigenvalue weighted by Crippen LogP contribution is -2.23. The molecular weight excluding hydrogens is 192 g/mol. The maximum atomic E-state index is 11.0. The number of carbonyl (C=O) groups excluding carboxylic acids is 1. The molecule has 0 aliphatic rings. The van der Waals surface area contributed by atoms with Crippen LogP contribution in [-0.4, -0.2) is 22.5 Å². The molecule has 2 N–H and O–H groups in total. The van der Waals surface area contributed by atoms with Gasteiger partial charge in [0.2, 0.25) is 0 Å². The molecule has 0 bridgehead atoms. The molecule has 1 aromatic heterocycles. The van der Waals surface area contributed by atoms with Crippen LogP contribution in [0.3, 0.4) is 0 Å². The zero-order valence-electron chi connectivity index (χ0n) is 8.45. The molecule has 15 heavy (non-hydrogen) atoms. The zero-order valence-corrected chi connectivity index (χ0v) is 8.45. The van der Waals surface area contributed by atoms with Crippen LogP contribution in [0.1, 0.15) is 12.5 Å². The smallest absolute Gasteiger partial charge is 0.295 e. The van der Waals surface area contributed by atoms with Crippen molar-refractivity contribution in [1.82, 2.24) is 10.3 Å². The SMILES string of the molecule is CC#CC(=O)NCCc1cncc(O)c1. The van der Waals surface area contributed by atoms with Crippen molar-refractivity contribution in [2.24, 2.45) is 0 Å². The van der Waals surface area contributed by atoms with E-state index >= 15 is 0 Å². The van der Waals surface area contributed by atoms with E-state index in [0.29, 0.717) is 13.0 Å². The number of carbonyl (C=O) groups is 1. The van der Waals surface area contributed by atoms with Crippen molar-refractivity contribution in [1.29, 1.82) is 0 Å². The highest BCUT2D eigenvalue weighted by molar-refractivity contribution is 5.93. The standard InChI is InChI=1S/C11H12N2O2/c1-2-3-11(15)13-5-4-9-6-10(14)8-12-7-9/h6-8,14H,4-5H2,1H3,(H,13,15). The molecular formula is C11H12N2O2. The van der Waals surface area contributed by atoms with Crippen LogP contribution < -0.4 is 5.32 Å². The fraction of sp³-hybridized carbons (Fsp3) is 0.273. The molecule has 0 atom stereocenters. The Morgan fingerprint density at radius 2 is 2.40 bits per heavy atom. The summed E-state index contributed by atoms with van der Waals surface area (Å²) in [5.74, 6) is 4.73. The molecule has 1 rings (SSSR count). The normalized spacial score (nSPS) is 8.87. The van der Waals surface area contributed by atoms with Crippen molar-refractivity contribution in [3.05, 3.63) is 24.0 Å². The number of pyridine rings is 1. The predicted octanol–water partition coefficient (Wildman–Crippen LogP) is 0.469. The first kappa shape index (κ1) is 11.1. The van der Waals surface area contributed by atoms with E-state index in [2.05, 4.69) is 22.1 Å². The predicted molar refractivity (Wildman–Crippen MR) is 56.1 cm³/mol. The highest BCUT2D eigenvalue weighted by atomic mass is 16.3. The average molecular weight is 204 g/mol. The van der Waals surface area contributed by atoms with Gasteiger partial charge in [0.1, 0.15) is 5.75 Å². The Hall–Kier alpha value is -2.02. The van der Waals surface area contributed by atoms with Gasteiger partial charge in [-0.25, -0.2) is 0 Å². The monoisotopic (exact) mass is 204 g/mol. The highest BCUT2D eigenvalue weighted by Gasteiger charge is 1.97. The van der Waals surface area contributed by atoms with Crippen LogP contribution >= 0.6 is 0 Å². The molecule has 4 heteroatoms. The van der Waals surface area contributed by atoms with Crippen molar-refractivity contribution >= 4 is 5.91 Å². The van der Waals surface area contributed by atoms with Gasteiger partial charge in [-0.05, 0) is 30.9 Å². The first-order valence-corrected chi connectivity index (χ1v) is 4.56. The van der Waals surface area contributed by atoms with Crippen LogP contribution in [0, 0.1) is 11.8 Å². The molecule has 1 aromatic rings. The van der Waals surface area contributed by atoms with Gasteiger partial charge >= 0.3 is 0 Å². The maximum Gasteiger partial charge on any atom is 0.295 e. The number of nitrogens with one attached hydrogen (secondary N) is 1. The third-order valence-corrected chi connectivity index (χ3v) is 1.72. The zero-order chi connectivity index (χ0) is 11.1. The molecule has 1 heterocycles. The Kier molecular flexibility index (Phi) is 4.17. The fourth-order valence-electron chi connectivity index (χ4n) is 1.09. The van der Waals surface area contributed by atoms with Crippen molar-refractivity contribution in [3.8, 4) is 17.6 Å². The quantitative estimate of drug-likeness (QED) is 0.703. The second-order valence-electron chi connectivity index (χ2n) is 2.93. The molecule has 78 valence electrons. The summed E-state index contributed by atoms with van der Waals surface area (Å²) in [6, 6.07) is 1.62. The summed E-state index contributed by atoms with van der Waals surface area (Å²) in [5, 5.41) is 11.8. The van der Waals surface area contributed by atoms with Gasteiger partial charge in [-0.1, -0.05) is 5.92 Å². The van der Waals surface area contributed by atoms with E-state index < -0.39 is 0 Å². The minimum absolute atomic E-state index is 0.132. The summed E-state index contributed by atoms with van der Waals surface area (Å²) in [6.07, 6.45) is 3.64. The van der Waals surface area contributed by atoms with Crippen LogP contribution in [0.2, 0.25) is 0 Å². The number of hydrogen-bond acceptors (Lipinski definition) is 3. The summed E-state index contributed by atoms with van der Waals surface area (Å²) in [7, 11) is 0. The van der Waals surface area contributed by atoms with Crippen LogP contribution in [-0.2, 0) is 11.2 Å². The molecule has 0 saturated carbocycles. The molecule has 0 radical (unpaired) electrons. The minimum atomic E-state index is -0.286. The third-order valence-electron chi connectivity index (χ3n) is 1.72. The largest absolute Gasteiger partial charge is 0.506 e. The summed E-state index contributed by atoms with van der Waals surface area (Å²) in [5.41, 5.74) is 0.875. The number of aromatic hydroxyl groups is 1. The number of hydrogen-bond donors (Lipinski definition) is 2. The van der Waals surface area contributed by atoms with Crippen LogP contribution in [0.15, 0.2) is 18.5 Å². The first-order valence-electron chi connectivity index (χ1n) is 4.56. The highest BCUT2D eigenvalue weighted by Crippen LogP contribution is 2.08. The van der Waals surface area contributed by atoms with Gasteiger partial charge in [-0.15, -0.1) is 0 Å². The van der Waals surface area contributed by atoms with Crippen molar-refractivity contribution in [3.63, 3.8) is 0 Å². The molecule has 0 unspecified atom stereocenters. The number of rotatable bonds is 3. The second kappa shape index (κ2) is 5.66. The number of aromatic nitrogens is 1. The molecule has 0 spiro atoms. The van der Waals surface area contributed by atoms with Crippen LogP contribution in [0.25, 0.3) is 0 Å². The van der Waals surface area contributed by atoms with E-state index in [-0.39, 0.29) is 11.7 Å². The van der Waals surface area contributed by atoms with Gasteiger partial charge in [0.15, 0.2) is 0 Å². The Balaban J connectivity index is 2.37. The van der Waals surface area contributed by atoms with E-state index in [9.17, 15) is 4.79 Å². The molecule has 0 saturated heterocycles. The topological polar surface area (TPSA) is 62.2 Å². The van der Waals surface area contributed by atoms with Crippen LogP contribution in [0.4, 0.5) is 0 Å². The fourth-order valence-corrected chi connectivity index (χ4v) is 1.09. The van der Waals surface area contributed by atoms with E-state index in [4.69, 9.17) is 5.11 Å². The van der Waals surface area contributed by atoms with Crippen molar-refractivity contribution in [2.45, 2.75) is 13.3 Å². The van der Waals surface area contributed by atoms with Gasteiger partial charge in [-0.3, -0.25) is 9.78 Å². The summed E-state index contributed by atoms with van der Waals surface area (Å²) in [6.45, 7) is 2.09. The van der Waals surface area contributed by atoms with E-state index in [1.54, 1.807) is 19.2 Å². The van der Waals surface area contributed by atoms with Crippen molar-refractivity contribution in [2.75, 3.05) is 6.54 Å². The second-order valence-corrected chi connectivity index (χ2v) is 2.93. The number of amides is 1. The van der Waals surface area contributed by atoms with Gasteiger partial charge in [0.05, 0.1) is 6.20 Å². The molecule has 0 aliphatic heterocycles. The molecule has 0 aliphatic carbocycles. The minimum Gasteiger partial charge on any atom is -0.506 e. The average Bonchev–Trinajstić information content (AvgIpc) is 2.18. The van der Waals surface area contributed by atoms with Crippen molar-refractivity contribution < 1.29 is 9.90 Å². The Morgan fingerprint density at radius 3 is 3.07 bits per heavy atom. The first-order chi connectivity index (χ1) is 7.22. The van der Waals surface area contributed by atoms with Gasteiger partial charge < -0.3 is 10.4 Å². The summed E-state index contributed by atoms with van der Waals surface area (Å²) >= 11 is 0. The summed E-state index contributed by atoms with van der Waals surface area (Å²) in [4.78, 5) is 14.8. The number of nitrogens with zero attached hydrogens (tertiary/aromatic N) is 1. The van der Waals surface area contributed by atoms with E-state index in [1.807, 2.05) is 0 Å². The van der Waals surface area contributed by atoms with Crippen LogP contribution in [0.5, 0.6) is 5.75 Å².